The number of hydrogen-bond donors (Lipinski definition) is 2. The summed E-state index contributed by atoms with van der Waals surface area (Å²) >= 11 is 0. The Kier molecular flexibility index (Phi) is 4.11. The lowest BCUT2D eigenvalue weighted by atomic mass is 10.3. The molecule has 0 amide bonds. The molecule has 1 aromatic rings. The lowest BCUT2D eigenvalue weighted by molar-refractivity contribution is -0.141. The normalized spacial score (nSPS) is 15.4. The van der Waals surface area contributed by atoms with Gasteiger partial charge in [0, 0.05) is 19.2 Å². The number of aromatic nitrogens is 2. The lowest BCUT2D eigenvalue weighted by Gasteiger charge is -2.12. The van der Waals surface area contributed by atoms with Gasteiger partial charge in [0.05, 0.1) is 0 Å². The molecule has 0 atom stereocenters. The van der Waals surface area contributed by atoms with Gasteiger partial charge >= 0.3 is 6.18 Å². The Bertz CT molecular complexity index is 429. The Morgan fingerprint density at radius 3 is 2.58 bits per heavy atom. The highest BCUT2D eigenvalue weighted by Crippen LogP contribution is 2.31. The van der Waals surface area contributed by atoms with Crippen molar-refractivity contribution in [2.75, 3.05) is 23.7 Å². The van der Waals surface area contributed by atoms with Crippen molar-refractivity contribution in [2.45, 2.75) is 32.4 Å². The second kappa shape index (κ2) is 5.63. The van der Waals surface area contributed by atoms with Gasteiger partial charge in [0.2, 0.25) is 5.95 Å². The summed E-state index contributed by atoms with van der Waals surface area (Å²) in [5.41, 5.74) is -0.917. The van der Waals surface area contributed by atoms with Crippen LogP contribution in [-0.4, -0.2) is 23.1 Å². The average Bonchev–Trinajstić information content (AvgIpc) is 3.16. The molecule has 0 bridgehead atoms. The molecular formula is C12H17F3N4. The molecule has 0 aromatic carbocycles. The highest BCUT2D eigenvalue weighted by atomic mass is 19.4. The fourth-order valence-electron chi connectivity index (χ4n) is 1.57. The molecule has 4 nitrogen and oxygen atoms in total. The maximum atomic E-state index is 12.7. The monoisotopic (exact) mass is 274 g/mol. The summed E-state index contributed by atoms with van der Waals surface area (Å²) in [6, 6.07) is 0.958. The maximum absolute atomic E-state index is 12.7. The molecule has 1 heterocycles. The summed E-state index contributed by atoms with van der Waals surface area (Å²) in [6.45, 7) is 3.14. The molecule has 2 rings (SSSR count). The summed E-state index contributed by atoms with van der Waals surface area (Å²) in [7, 11) is 0. The van der Waals surface area contributed by atoms with E-state index >= 15 is 0 Å². The van der Waals surface area contributed by atoms with Crippen LogP contribution in [0.5, 0.6) is 0 Å². The van der Waals surface area contributed by atoms with Crippen molar-refractivity contribution in [3.63, 3.8) is 0 Å². The van der Waals surface area contributed by atoms with E-state index in [0.717, 1.165) is 25.3 Å². The van der Waals surface area contributed by atoms with E-state index in [1.54, 1.807) is 0 Å². The molecule has 1 fully saturated rings. The van der Waals surface area contributed by atoms with Crippen molar-refractivity contribution in [3.8, 4) is 0 Å². The van der Waals surface area contributed by atoms with E-state index in [4.69, 9.17) is 0 Å². The molecule has 1 aromatic heterocycles. The van der Waals surface area contributed by atoms with Crippen LogP contribution in [0.3, 0.4) is 0 Å². The van der Waals surface area contributed by atoms with Gasteiger partial charge in [-0.15, -0.1) is 0 Å². The first kappa shape index (κ1) is 13.9. The molecule has 0 radical (unpaired) electrons. The molecule has 0 spiro atoms. The van der Waals surface area contributed by atoms with Crippen LogP contribution in [0.15, 0.2) is 6.07 Å². The number of nitrogens with one attached hydrogen (secondary N) is 2. The predicted octanol–water partition coefficient (Wildman–Crippen LogP) is 3.14. The second-order valence-corrected chi connectivity index (χ2v) is 4.71. The smallest absolute Gasteiger partial charge is 0.370 e. The van der Waals surface area contributed by atoms with Gasteiger partial charge in [0.1, 0.15) is 5.82 Å². The second-order valence-electron chi connectivity index (χ2n) is 4.71. The van der Waals surface area contributed by atoms with Crippen LogP contribution in [0.25, 0.3) is 0 Å². The van der Waals surface area contributed by atoms with E-state index in [2.05, 4.69) is 20.6 Å². The largest absolute Gasteiger partial charge is 0.433 e. The third-order valence-electron chi connectivity index (χ3n) is 2.82. The van der Waals surface area contributed by atoms with Crippen LogP contribution >= 0.6 is 0 Å². The molecule has 0 unspecified atom stereocenters. The molecule has 7 heteroatoms. The van der Waals surface area contributed by atoms with Gasteiger partial charge in [0.15, 0.2) is 5.69 Å². The zero-order chi connectivity index (χ0) is 13.9. The summed E-state index contributed by atoms with van der Waals surface area (Å²) in [4.78, 5) is 7.55. The Morgan fingerprint density at radius 1 is 1.26 bits per heavy atom. The molecule has 1 aliphatic rings. The zero-order valence-electron chi connectivity index (χ0n) is 10.7. The van der Waals surface area contributed by atoms with Crippen LogP contribution in [0.4, 0.5) is 24.9 Å². The molecule has 1 aliphatic carbocycles. The highest BCUT2D eigenvalue weighted by molar-refractivity contribution is 5.43. The standard InChI is InChI=1S/C12H17F3N4/c1-2-5-16-11-18-9(12(13,14)15)6-10(19-11)17-7-8-3-4-8/h6,8H,2-5,7H2,1H3,(H2,16,17,18,19). The van der Waals surface area contributed by atoms with E-state index in [9.17, 15) is 13.2 Å². The lowest BCUT2D eigenvalue weighted by Crippen LogP contribution is -2.15. The van der Waals surface area contributed by atoms with Crippen LogP contribution in [0.2, 0.25) is 0 Å². The van der Waals surface area contributed by atoms with Gasteiger partial charge in [-0.3, -0.25) is 0 Å². The predicted molar refractivity (Wildman–Crippen MR) is 67.0 cm³/mol. The minimum Gasteiger partial charge on any atom is -0.370 e. The molecule has 106 valence electrons. The molecular weight excluding hydrogens is 257 g/mol. The third-order valence-corrected chi connectivity index (χ3v) is 2.82. The third kappa shape index (κ3) is 4.25. The fraction of sp³-hybridized carbons (Fsp3) is 0.667. The quantitative estimate of drug-likeness (QED) is 0.836. The van der Waals surface area contributed by atoms with Crippen molar-refractivity contribution >= 4 is 11.8 Å². The van der Waals surface area contributed by atoms with Gasteiger partial charge in [0.25, 0.3) is 0 Å². The fourth-order valence-corrected chi connectivity index (χ4v) is 1.57. The Labute approximate surface area is 109 Å². The number of halogens is 3. The minimum atomic E-state index is -4.46. The number of alkyl halides is 3. The van der Waals surface area contributed by atoms with E-state index in [0.29, 0.717) is 19.0 Å². The van der Waals surface area contributed by atoms with Gasteiger partial charge in [-0.1, -0.05) is 6.92 Å². The number of nitrogens with zero attached hydrogens (tertiary/aromatic N) is 2. The van der Waals surface area contributed by atoms with E-state index in [1.165, 1.54) is 0 Å². The van der Waals surface area contributed by atoms with Crippen molar-refractivity contribution in [1.82, 2.24) is 9.97 Å². The first-order valence-corrected chi connectivity index (χ1v) is 6.43. The van der Waals surface area contributed by atoms with Gasteiger partial charge in [-0.05, 0) is 25.2 Å². The molecule has 1 saturated carbocycles. The molecule has 19 heavy (non-hydrogen) atoms. The van der Waals surface area contributed by atoms with Crippen LogP contribution in [-0.2, 0) is 6.18 Å². The van der Waals surface area contributed by atoms with Gasteiger partial charge < -0.3 is 10.6 Å². The van der Waals surface area contributed by atoms with Crippen molar-refractivity contribution in [2.24, 2.45) is 5.92 Å². The Hall–Kier alpha value is -1.53. The molecule has 0 aliphatic heterocycles. The summed E-state index contributed by atoms with van der Waals surface area (Å²) in [6.07, 6.45) is -1.40. The molecule has 2 N–H and O–H groups in total. The maximum Gasteiger partial charge on any atom is 0.433 e. The first-order chi connectivity index (χ1) is 8.99. The summed E-state index contributed by atoms with van der Waals surface area (Å²) in [5.74, 6) is 0.819. The SMILES string of the molecule is CCCNc1nc(NCC2CC2)cc(C(F)(F)F)n1. The Balaban J connectivity index is 2.14. The summed E-state index contributed by atoms with van der Waals surface area (Å²) in [5, 5.41) is 5.73. The van der Waals surface area contributed by atoms with Gasteiger partial charge in [-0.25, -0.2) is 4.98 Å². The van der Waals surface area contributed by atoms with Crippen molar-refractivity contribution in [3.05, 3.63) is 11.8 Å². The first-order valence-electron chi connectivity index (χ1n) is 6.43. The minimum absolute atomic E-state index is 0.0231. The summed E-state index contributed by atoms with van der Waals surface area (Å²) < 4.78 is 38.2. The van der Waals surface area contributed by atoms with Crippen molar-refractivity contribution in [1.29, 1.82) is 0 Å². The topological polar surface area (TPSA) is 49.8 Å². The van der Waals surface area contributed by atoms with Crippen LogP contribution in [0, 0.1) is 5.92 Å². The highest BCUT2D eigenvalue weighted by Gasteiger charge is 2.34. The number of rotatable bonds is 6. The molecule has 0 saturated heterocycles. The number of hydrogen-bond acceptors (Lipinski definition) is 4. The van der Waals surface area contributed by atoms with Gasteiger partial charge in [-0.2, -0.15) is 18.2 Å². The van der Waals surface area contributed by atoms with E-state index in [1.807, 2.05) is 6.92 Å². The van der Waals surface area contributed by atoms with Crippen LogP contribution in [0.1, 0.15) is 31.9 Å². The van der Waals surface area contributed by atoms with E-state index < -0.39 is 11.9 Å². The average molecular weight is 274 g/mol. The number of anilines is 2. The Morgan fingerprint density at radius 2 is 2.00 bits per heavy atom. The van der Waals surface area contributed by atoms with E-state index in [-0.39, 0.29) is 11.8 Å². The van der Waals surface area contributed by atoms with Crippen molar-refractivity contribution < 1.29 is 13.2 Å². The van der Waals surface area contributed by atoms with Crippen LogP contribution < -0.4 is 10.6 Å². The zero-order valence-corrected chi connectivity index (χ0v) is 10.7.